The Labute approximate surface area is 102 Å². The summed E-state index contributed by atoms with van der Waals surface area (Å²) in [7, 11) is 0. The molecule has 0 saturated heterocycles. The van der Waals surface area contributed by atoms with Crippen LogP contribution in [-0.2, 0) is 17.8 Å². The minimum atomic E-state index is -0.876. The van der Waals surface area contributed by atoms with Crippen molar-refractivity contribution in [3.05, 3.63) is 17.5 Å². The zero-order valence-electron chi connectivity index (χ0n) is 10.7. The number of aryl methyl sites for hydroxylation is 2. The van der Waals surface area contributed by atoms with E-state index in [1.165, 1.54) is 0 Å². The Balaban J connectivity index is 3.04. The molecular formula is C12H21N3O2. The van der Waals surface area contributed by atoms with Crippen LogP contribution in [0.1, 0.15) is 31.7 Å². The molecule has 0 saturated carbocycles. The molecule has 5 nitrogen and oxygen atoms in total. The Morgan fingerprint density at radius 1 is 1.59 bits per heavy atom. The standard InChI is InChI=1S/C12H21N3O2/c1-4-12(8-13,11(16)17)7-10-6-9(3)14-15(10)5-2/h6H,4-5,7-8,13H2,1-3H3,(H,16,17). The van der Waals surface area contributed by atoms with Gasteiger partial charge in [-0.25, -0.2) is 0 Å². The summed E-state index contributed by atoms with van der Waals surface area (Å²) in [6.07, 6.45) is 0.955. The maximum atomic E-state index is 11.4. The highest BCUT2D eigenvalue weighted by Crippen LogP contribution is 2.26. The van der Waals surface area contributed by atoms with Crippen molar-refractivity contribution in [3.8, 4) is 0 Å². The number of rotatable bonds is 6. The number of hydrogen-bond acceptors (Lipinski definition) is 3. The van der Waals surface area contributed by atoms with Gasteiger partial charge in [-0.2, -0.15) is 5.10 Å². The van der Waals surface area contributed by atoms with E-state index in [0.29, 0.717) is 12.8 Å². The topological polar surface area (TPSA) is 81.1 Å². The van der Waals surface area contributed by atoms with E-state index in [9.17, 15) is 9.90 Å². The SMILES string of the molecule is CCn1nc(C)cc1CC(CC)(CN)C(=O)O. The van der Waals surface area contributed by atoms with Crippen LogP contribution in [0.25, 0.3) is 0 Å². The third-order valence-electron chi connectivity index (χ3n) is 3.33. The van der Waals surface area contributed by atoms with Gasteiger partial charge in [0.15, 0.2) is 0 Å². The molecule has 5 heteroatoms. The molecule has 1 unspecified atom stereocenters. The van der Waals surface area contributed by atoms with E-state index in [4.69, 9.17) is 5.73 Å². The molecule has 0 fully saturated rings. The smallest absolute Gasteiger partial charge is 0.311 e. The van der Waals surface area contributed by atoms with Crippen LogP contribution in [0.15, 0.2) is 6.07 Å². The lowest BCUT2D eigenvalue weighted by Gasteiger charge is -2.26. The van der Waals surface area contributed by atoms with Crippen molar-refractivity contribution in [2.75, 3.05) is 6.54 Å². The molecule has 0 aliphatic rings. The maximum Gasteiger partial charge on any atom is 0.311 e. The van der Waals surface area contributed by atoms with E-state index in [1.807, 2.05) is 31.5 Å². The van der Waals surface area contributed by atoms with Gasteiger partial charge in [-0.3, -0.25) is 9.48 Å². The van der Waals surface area contributed by atoms with E-state index in [1.54, 1.807) is 0 Å². The van der Waals surface area contributed by atoms with Crippen LogP contribution in [-0.4, -0.2) is 27.4 Å². The quantitative estimate of drug-likeness (QED) is 0.781. The third-order valence-corrected chi connectivity index (χ3v) is 3.33. The first-order valence-electron chi connectivity index (χ1n) is 5.96. The fourth-order valence-electron chi connectivity index (χ4n) is 2.02. The Bertz CT molecular complexity index is 394. The number of carboxylic acid groups (broad SMARTS) is 1. The average molecular weight is 239 g/mol. The summed E-state index contributed by atoms with van der Waals surface area (Å²) < 4.78 is 1.85. The second-order valence-corrected chi connectivity index (χ2v) is 4.41. The predicted octanol–water partition coefficient (Wildman–Crippen LogP) is 1.19. The van der Waals surface area contributed by atoms with Crippen LogP contribution in [0.4, 0.5) is 0 Å². The summed E-state index contributed by atoms with van der Waals surface area (Å²) in [5, 5.41) is 13.7. The molecular weight excluding hydrogens is 218 g/mol. The lowest BCUT2D eigenvalue weighted by molar-refractivity contribution is -0.148. The Kier molecular flexibility index (Phi) is 4.28. The van der Waals surface area contributed by atoms with Crippen LogP contribution in [0.5, 0.6) is 0 Å². The van der Waals surface area contributed by atoms with E-state index in [0.717, 1.165) is 17.9 Å². The summed E-state index contributed by atoms with van der Waals surface area (Å²) in [6, 6.07) is 1.94. The first kappa shape index (κ1) is 13.7. The average Bonchev–Trinajstić information content (AvgIpc) is 2.65. The first-order chi connectivity index (χ1) is 7.99. The summed E-state index contributed by atoms with van der Waals surface area (Å²) in [5.41, 5.74) is 6.63. The lowest BCUT2D eigenvalue weighted by atomic mass is 9.80. The van der Waals surface area contributed by atoms with Gasteiger partial charge in [0.25, 0.3) is 0 Å². The number of aromatic nitrogens is 2. The highest BCUT2D eigenvalue weighted by Gasteiger charge is 2.36. The molecule has 0 aromatic carbocycles. The monoisotopic (exact) mass is 239 g/mol. The van der Waals surface area contributed by atoms with E-state index in [2.05, 4.69) is 5.10 Å². The van der Waals surface area contributed by atoms with Crippen LogP contribution < -0.4 is 5.73 Å². The predicted molar refractivity (Wildman–Crippen MR) is 65.8 cm³/mol. The fraction of sp³-hybridized carbons (Fsp3) is 0.667. The maximum absolute atomic E-state index is 11.4. The van der Waals surface area contributed by atoms with Gasteiger partial charge < -0.3 is 10.8 Å². The first-order valence-corrected chi connectivity index (χ1v) is 5.96. The fourth-order valence-corrected chi connectivity index (χ4v) is 2.02. The Morgan fingerprint density at radius 2 is 2.24 bits per heavy atom. The number of hydrogen-bond donors (Lipinski definition) is 2. The van der Waals surface area contributed by atoms with Crippen molar-refractivity contribution in [1.82, 2.24) is 9.78 Å². The lowest BCUT2D eigenvalue weighted by Crippen LogP contribution is -2.40. The van der Waals surface area contributed by atoms with Crippen molar-refractivity contribution in [2.45, 2.75) is 40.2 Å². The Hall–Kier alpha value is -1.36. The largest absolute Gasteiger partial charge is 0.481 e. The minimum absolute atomic E-state index is 0.146. The normalized spacial score (nSPS) is 14.6. The molecule has 17 heavy (non-hydrogen) atoms. The van der Waals surface area contributed by atoms with Gasteiger partial charge in [-0.15, -0.1) is 0 Å². The van der Waals surface area contributed by atoms with Crippen LogP contribution >= 0.6 is 0 Å². The van der Waals surface area contributed by atoms with Crippen molar-refractivity contribution in [2.24, 2.45) is 11.1 Å². The molecule has 1 atom stereocenters. The van der Waals surface area contributed by atoms with E-state index < -0.39 is 11.4 Å². The molecule has 96 valence electrons. The molecule has 1 rings (SSSR count). The van der Waals surface area contributed by atoms with Gasteiger partial charge in [-0.05, 0) is 26.3 Å². The molecule has 1 aromatic rings. The Morgan fingerprint density at radius 3 is 2.65 bits per heavy atom. The number of carboxylic acids is 1. The number of nitrogens with two attached hydrogens (primary N) is 1. The van der Waals surface area contributed by atoms with E-state index >= 15 is 0 Å². The summed E-state index contributed by atoms with van der Waals surface area (Å²) in [6.45, 7) is 6.65. The van der Waals surface area contributed by atoms with Crippen molar-refractivity contribution >= 4 is 5.97 Å². The second-order valence-electron chi connectivity index (χ2n) is 4.41. The number of aliphatic carboxylic acids is 1. The highest BCUT2D eigenvalue weighted by molar-refractivity contribution is 5.75. The third kappa shape index (κ3) is 2.66. The molecule has 0 aliphatic heterocycles. The summed E-state index contributed by atoms with van der Waals surface area (Å²) >= 11 is 0. The molecule has 0 aliphatic carbocycles. The van der Waals surface area contributed by atoms with Crippen LogP contribution in [0.3, 0.4) is 0 Å². The highest BCUT2D eigenvalue weighted by atomic mass is 16.4. The van der Waals surface area contributed by atoms with Crippen LogP contribution in [0, 0.1) is 12.3 Å². The van der Waals surface area contributed by atoms with Crippen molar-refractivity contribution in [3.63, 3.8) is 0 Å². The molecule has 1 heterocycles. The molecule has 0 amide bonds. The zero-order chi connectivity index (χ0) is 13.1. The number of carbonyl (C=O) groups is 1. The molecule has 3 N–H and O–H groups in total. The van der Waals surface area contributed by atoms with Crippen molar-refractivity contribution in [1.29, 1.82) is 0 Å². The number of nitrogens with zero attached hydrogens (tertiary/aromatic N) is 2. The van der Waals surface area contributed by atoms with Crippen LogP contribution in [0.2, 0.25) is 0 Å². The molecule has 0 bridgehead atoms. The molecule has 0 radical (unpaired) electrons. The van der Waals surface area contributed by atoms with Gasteiger partial charge in [0, 0.05) is 25.2 Å². The van der Waals surface area contributed by atoms with Gasteiger partial charge in [0.1, 0.15) is 0 Å². The van der Waals surface area contributed by atoms with Gasteiger partial charge >= 0.3 is 5.97 Å². The van der Waals surface area contributed by atoms with Gasteiger partial charge in [0.2, 0.25) is 0 Å². The van der Waals surface area contributed by atoms with Gasteiger partial charge in [0.05, 0.1) is 11.1 Å². The minimum Gasteiger partial charge on any atom is -0.481 e. The molecule has 0 spiro atoms. The summed E-state index contributed by atoms with van der Waals surface area (Å²) in [4.78, 5) is 11.4. The van der Waals surface area contributed by atoms with Crippen molar-refractivity contribution < 1.29 is 9.90 Å². The molecule has 1 aromatic heterocycles. The zero-order valence-corrected chi connectivity index (χ0v) is 10.7. The second kappa shape index (κ2) is 5.31. The van der Waals surface area contributed by atoms with E-state index in [-0.39, 0.29) is 6.54 Å². The summed E-state index contributed by atoms with van der Waals surface area (Å²) in [5.74, 6) is -0.830. The van der Waals surface area contributed by atoms with Gasteiger partial charge in [-0.1, -0.05) is 6.92 Å².